The highest BCUT2D eigenvalue weighted by atomic mass is 32.2. The minimum absolute atomic E-state index is 0.0360. The van der Waals surface area contributed by atoms with Crippen LogP contribution in [0.2, 0.25) is 0 Å². The predicted molar refractivity (Wildman–Crippen MR) is 75.9 cm³/mol. The van der Waals surface area contributed by atoms with Crippen molar-refractivity contribution in [3.63, 3.8) is 0 Å². The molecule has 2 rings (SSSR count). The van der Waals surface area contributed by atoms with Crippen LogP contribution in [0.4, 0.5) is 10.7 Å². The summed E-state index contributed by atoms with van der Waals surface area (Å²) in [7, 11) is -3.70. The van der Waals surface area contributed by atoms with Gasteiger partial charge < -0.3 is 5.43 Å². The Kier molecular flexibility index (Phi) is 4.00. The number of nitrogens with zero attached hydrogens (tertiary/aromatic N) is 2. The number of thiophene rings is 1. The van der Waals surface area contributed by atoms with Gasteiger partial charge in [-0.05, 0) is 11.8 Å². The minimum atomic E-state index is -3.70. The highest BCUT2D eigenvalue weighted by Crippen LogP contribution is 2.39. The van der Waals surface area contributed by atoms with E-state index in [9.17, 15) is 18.5 Å². The molecule has 0 bridgehead atoms. The van der Waals surface area contributed by atoms with Gasteiger partial charge in [-0.3, -0.25) is 10.1 Å². The second-order valence-electron chi connectivity index (χ2n) is 4.96. The minimum Gasteiger partial charge on any atom is -0.310 e. The Morgan fingerprint density at radius 3 is 2.40 bits per heavy atom. The second-order valence-corrected chi connectivity index (χ2v) is 8.17. The predicted octanol–water partition coefficient (Wildman–Crippen LogP) is 1.22. The summed E-state index contributed by atoms with van der Waals surface area (Å²) >= 11 is 0.777. The van der Waals surface area contributed by atoms with Gasteiger partial charge in [-0.2, -0.15) is 4.31 Å². The quantitative estimate of drug-likeness (QED) is 0.489. The molecule has 1 aromatic heterocycles. The average Bonchev–Trinajstić information content (AvgIpc) is 2.94. The molecular formula is C10H16N4O4S2. The number of anilines is 1. The van der Waals surface area contributed by atoms with Crippen LogP contribution in [-0.4, -0.2) is 30.7 Å². The lowest BCUT2D eigenvalue weighted by molar-refractivity contribution is -0.383. The first-order valence-electron chi connectivity index (χ1n) is 6.02. The van der Waals surface area contributed by atoms with E-state index in [1.54, 1.807) is 0 Å². The third-order valence-corrected chi connectivity index (χ3v) is 6.90. The van der Waals surface area contributed by atoms with Gasteiger partial charge in [-0.15, -0.1) is 0 Å². The van der Waals surface area contributed by atoms with E-state index in [1.807, 2.05) is 13.8 Å². The van der Waals surface area contributed by atoms with E-state index in [1.165, 1.54) is 4.31 Å². The van der Waals surface area contributed by atoms with Crippen LogP contribution in [-0.2, 0) is 10.0 Å². The largest absolute Gasteiger partial charge is 0.310 e. The van der Waals surface area contributed by atoms with Gasteiger partial charge in [0.1, 0.15) is 4.21 Å². The van der Waals surface area contributed by atoms with E-state index >= 15 is 0 Å². The molecule has 2 unspecified atom stereocenters. The number of nitrogens with two attached hydrogens (primary N) is 1. The molecule has 8 nitrogen and oxygen atoms in total. The molecule has 0 saturated carbocycles. The summed E-state index contributed by atoms with van der Waals surface area (Å²) in [5.41, 5.74) is 1.85. The maximum Gasteiger partial charge on any atom is 0.306 e. The van der Waals surface area contributed by atoms with Crippen molar-refractivity contribution in [2.24, 2.45) is 17.7 Å². The van der Waals surface area contributed by atoms with Crippen LogP contribution in [0, 0.1) is 22.0 Å². The molecule has 0 aliphatic carbocycles. The Hall–Kier alpha value is -1.23. The smallest absolute Gasteiger partial charge is 0.306 e. The normalized spacial score (nSPS) is 23.9. The molecular weight excluding hydrogens is 304 g/mol. The summed E-state index contributed by atoms with van der Waals surface area (Å²) < 4.78 is 26.3. The SMILES string of the molecule is CC1CN(S(=O)(=O)c2cc([N+](=O)[O-])c(NN)s2)CC1C. The molecule has 20 heavy (non-hydrogen) atoms. The zero-order chi connectivity index (χ0) is 15.1. The Morgan fingerprint density at radius 1 is 1.45 bits per heavy atom. The molecule has 0 radical (unpaired) electrons. The summed E-state index contributed by atoms with van der Waals surface area (Å²) in [6.45, 7) is 4.84. The van der Waals surface area contributed by atoms with Gasteiger partial charge in [-0.25, -0.2) is 14.3 Å². The second kappa shape index (κ2) is 5.28. The van der Waals surface area contributed by atoms with E-state index in [2.05, 4.69) is 5.43 Å². The molecule has 1 fully saturated rings. The first-order chi connectivity index (χ1) is 9.27. The van der Waals surface area contributed by atoms with Gasteiger partial charge in [-0.1, -0.05) is 25.2 Å². The van der Waals surface area contributed by atoms with E-state index in [4.69, 9.17) is 5.84 Å². The average molecular weight is 320 g/mol. The van der Waals surface area contributed by atoms with Crippen LogP contribution < -0.4 is 11.3 Å². The standard InChI is InChI=1S/C10H16N4O4S2/c1-6-4-13(5-7(6)2)20(17,18)9-3-8(14(15)16)10(12-11)19-9/h3,6-7,12H,4-5,11H2,1-2H3. The molecule has 1 aliphatic rings. The van der Waals surface area contributed by atoms with Gasteiger partial charge in [0.2, 0.25) is 0 Å². The van der Waals surface area contributed by atoms with Gasteiger partial charge in [0, 0.05) is 19.2 Å². The summed E-state index contributed by atoms with van der Waals surface area (Å²) in [5, 5.41) is 10.9. The van der Waals surface area contributed by atoms with Crippen molar-refractivity contribution in [2.45, 2.75) is 18.1 Å². The summed E-state index contributed by atoms with van der Waals surface area (Å²) in [6.07, 6.45) is 0. The van der Waals surface area contributed by atoms with E-state index < -0.39 is 14.9 Å². The van der Waals surface area contributed by atoms with E-state index in [-0.39, 0.29) is 26.7 Å². The molecule has 2 heterocycles. The molecule has 10 heteroatoms. The number of sulfonamides is 1. The maximum absolute atomic E-state index is 12.5. The summed E-state index contributed by atoms with van der Waals surface area (Å²) in [6, 6.07) is 1.06. The van der Waals surface area contributed by atoms with Crippen molar-refractivity contribution in [2.75, 3.05) is 18.5 Å². The van der Waals surface area contributed by atoms with Crippen molar-refractivity contribution < 1.29 is 13.3 Å². The number of nitro groups is 1. The topological polar surface area (TPSA) is 119 Å². The van der Waals surface area contributed by atoms with Crippen LogP contribution in [0.1, 0.15) is 13.8 Å². The van der Waals surface area contributed by atoms with Gasteiger partial charge >= 0.3 is 5.69 Å². The van der Waals surface area contributed by atoms with Crippen molar-refractivity contribution in [1.82, 2.24) is 4.31 Å². The zero-order valence-corrected chi connectivity index (χ0v) is 12.7. The third-order valence-electron chi connectivity index (χ3n) is 3.57. The fraction of sp³-hybridized carbons (Fsp3) is 0.600. The zero-order valence-electron chi connectivity index (χ0n) is 11.1. The number of hydrazine groups is 1. The number of hydrogen-bond acceptors (Lipinski definition) is 7. The molecule has 1 aliphatic heterocycles. The van der Waals surface area contributed by atoms with E-state index in [0.717, 1.165) is 17.4 Å². The molecule has 112 valence electrons. The molecule has 1 saturated heterocycles. The third kappa shape index (κ3) is 2.51. The molecule has 0 aromatic carbocycles. The molecule has 1 aromatic rings. The lowest BCUT2D eigenvalue weighted by Gasteiger charge is -2.14. The van der Waals surface area contributed by atoms with Crippen molar-refractivity contribution in [3.05, 3.63) is 16.2 Å². The lowest BCUT2D eigenvalue weighted by Crippen LogP contribution is -2.28. The Balaban J connectivity index is 2.38. The van der Waals surface area contributed by atoms with Crippen LogP contribution in [0.5, 0.6) is 0 Å². The molecule has 0 spiro atoms. The summed E-state index contributed by atoms with van der Waals surface area (Å²) in [5.74, 6) is 5.73. The first kappa shape index (κ1) is 15.2. The number of nitrogens with one attached hydrogen (secondary N) is 1. The number of nitrogen functional groups attached to an aromatic ring is 1. The maximum atomic E-state index is 12.5. The molecule has 3 N–H and O–H groups in total. The molecule has 0 amide bonds. The van der Waals surface area contributed by atoms with Crippen LogP contribution >= 0.6 is 11.3 Å². The van der Waals surface area contributed by atoms with Crippen LogP contribution in [0.25, 0.3) is 0 Å². The first-order valence-corrected chi connectivity index (χ1v) is 8.28. The number of hydrogen-bond donors (Lipinski definition) is 2. The van der Waals surface area contributed by atoms with Crippen LogP contribution in [0.15, 0.2) is 10.3 Å². The lowest BCUT2D eigenvalue weighted by atomic mass is 10.0. The van der Waals surface area contributed by atoms with Gasteiger partial charge in [0.15, 0.2) is 5.00 Å². The van der Waals surface area contributed by atoms with Crippen LogP contribution in [0.3, 0.4) is 0 Å². The van der Waals surface area contributed by atoms with Crippen molar-refractivity contribution in [1.29, 1.82) is 0 Å². The highest BCUT2D eigenvalue weighted by molar-refractivity contribution is 7.91. The Bertz CT molecular complexity index is 617. The Labute approximate surface area is 120 Å². The fourth-order valence-corrected chi connectivity index (χ4v) is 5.16. The Morgan fingerprint density at radius 2 is 2.00 bits per heavy atom. The monoisotopic (exact) mass is 320 g/mol. The van der Waals surface area contributed by atoms with Gasteiger partial charge in [0.25, 0.3) is 10.0 Å². The fourth-order valence-electron chi connectivity index (χ4n) is 2.13. The number of rotatable bonds is 4. The van der Waals surface area contributed by atoms with Crippen molar-refractivity contribution in [3.8, 4) is 0 Å². The highest BCUT2D eigenvalue weighted by Gasteiger charge is 2.37. The molecule has 2 atom stereocenters. The van der Waals surface area contributed by atoms with Gasteiger partial charge in [0.05, 0.1) is 4.92 Å². The van der Waals surface area contributed by atoms with E-state index in [0.29, 0.717) is 13.1 Å². The van der Waals surface area contributed by atoms with Crippen molar-refractivity contribution >= 4 is 32.0 Å². The summed E-state index contributed by atoms with van der Waals surface area (Å²) in [4.78, 5) is 10.2.